The van der Waals surface area contributed by atoms with Crippen LogP contribution in [0.2, 0.25) is 0 Å². The molecule has 0 saturated heterocycles. The number of rotatable bonds is 6. The highest BCUT2D eigenvalue weighted by molar-refractivity contribution is 7.07. The molecule has 8 heteroatoms. The highest BCUT2D eigenvalue weighted by Gasteiger charge is 2.33. The van der Waals surface area contributed by atoms with Crippen molar-refractivity contribution in [2.45, 2.75) is 26.8 Å². The van der Waals surface area contributed by atoms with Gasteiger partial charge in [-0.3, -0.25) is 9.36 Å². The summed E-state index contributed by atoms with van der Waals surface area (Å²) in [5.74, 6) is -0.470. The van der Waals surface area contributed by atoms with E-state index in [0.717, 1.165) is 33.6 Å². The highest BCUT2D eigenvalue weighted by Crippen LogP contribution is 2.31. The van der Waals surface area contributed by atoms with Crippen LogP contribution in [0.1, 0.15) is 36.6 Å². The lowest BCUT2D eigenvalue weighted by Crippen LogP contribution is -2.39. The Bertz CT molecular complexity index is 1950. The number of benzene rings is 3. The van der Waals surface area contributed by atoms with Crippen molar-refractivity contribution in [2.24, 2.45) is 4.99 Å². The van der Waals surface area contributed by atoms with Crippen molar-refractivity contribution in [1.29, 1.82) is 0 Å². The molecule has 3 aromatic carbocycles. The fraction of sp³-hybridized carbons (Fsp3) is 0.152. The van der Waals surface area contributed by atoms with Gasteiger partial charge in [-0.05, 0) is 44.5 Å². The topological polar surface area (TPSA) is 78.5 Å². The molecule has 0 radical (unpaired) electrons. The molecule has 2 aromatic heterocycles. The van der Waals surface area contributed by atoms with Crippen LogP contribution in [0.4, 0.5) is 0 Å². The van der Waals surface area contributed by atoms with Crippen molar-refractivity contribution in [1.82, 2.24) is 14.3 Å². The number of para-hydroxylation sites is 1. The molecule has 0 amide bonds. The Morgan fingerprint density at radius 2 is 1.66 bits per heavy atom. The molecular weight excluding hydrogens is 532 g/mol. The maximum absolute atomic E-state index is 14.1. The molecule has 0 spiro atoms. The zero-order valence-corrected chi connectivity index (χ0v) is 23.8. The molecule has 5 aromatic rings. The van der Waals surface area contributed by atoms with Crippen molar-refractivity contribution < 1.29 is 9.53 Å². The molecule has 204 valence electrons. The van der Waals surface area contributed by atoms with Gasteiger partial charge in [0.25, 0.3) is 5.56 Å². The van der Waals surface area contributed by atoms with Crippen molar-refractivity contribution in [3.8, 4) is 16.9 Å². The van der Waals surface area contributed by atoms with E-state index in [1.165, 1.54) is 11.3 Å². The van der Waals surface area contributed by atoms with Gasteiger partial charge in [-0.15, -0.1) is 0 Å². The second-order valence-electron chi connectivity index (χ2n) is 9.79. The van der Waals surface area contributed by atoms with Gasteiger partial charge in [0.2, 0.25) is 0 Å². The Hall–Kier alpha value is -4.82. The van der Waals surface area contributed by atoms with Gasteiger partial charge in [0, 0.05) is 17.3 Å². The maximum atomic E-state index is 14.1. The Labute approximate surface area is 241 Å². The minimum Gasteiger partial charge on any atom is -0.463 e. The molecule has 0 bridgehead atoms. The molecule has 1 atom stereocenters. The molecular formula is C33H28N4O3S. The van der Waals surface area contributed by atoms with Crippen molar-refractivity contribution in [3.05, 3.63) is 139 Å². The van der Waals surface area contributed by atoms with Gasteiger partial charge in [-0.25, -0.2) is 14.5 Å². The van der Waals surface area contributed by atoms with Crippen molar-refractivity contribution in [3.63, 3.8) is 0 Å². The molecule has 1 aliphatic heterocycles. The Balaban J connectivity index is 1.56. The largest absolute Gasteiger partial charge is 0.463 e. The highest BCUT2D eigenvalue weighted by atomic mass is 32.1. The predicted molar refractivity (Wildman–Crippen MR) is 161 cm³/mol. The lowest BCUT2D eigenvalue weighted by molar-refractivity contribution is -0.139. The smallest absolute Gasteiger partial charge is 0.338 e. The van der Waals surface area contributed by atoms with E-state index in [4.69, 9.17) is 14.8 Å². The second-order valence-corrected chi connectivity index (χ2v) is 10.8. The van der Waals surface area contributed by atoms with E-state index in [0.29, 0.717) is 20.6 Å². The zero-order chi connectivity index (χ0) is 28.5. The van der Waals surface area contributed by atoms with Gasteiger partial charge in [0.1, 0.15) is 0 Å². The van der Waals surface area contributed by atoms with Crippen LogP contribution < -0.4 is 14.9 Å². The van der Waals surface area contributed by atoms with Crippen LogP contribution in [0.3, 0.4) is 0 Å². The number of allylic oxidation sites excluding steroid dienone is 1. The number of hydrogen-bond donors (Lipinski definition) is 0. The van der Waals surface area contributed by atoms with E-state index < -0.39 is 12.0 Å². The van der Waals surface area contributed by atoms with Crippen LogP contribution in [0.5, 0.6) is 0 Å². The number of carbonyl (C=O) groups is 1. The third kappa shape index (κ3) is 4.98. The SMILES string of the molecule is CCOC(=O)C1=C(C)N=c2s/c(=C/c3cn(-c4ccccc4)nc3-c3ccc(C)cc3)c(=O)n2[C@H]1c1ccccc1. The summed E-state index contributed by atoms with van der Waals surface area (Å²) < 4.78 is 9.33. The van der Waals surface area contributed by atoms with Crippen LogP contribution in [0, 0.1) is 6.92 Å². The first-order valence-electron chi connectivity index (χ1n) is 13.4. The Morgan fingerprint density at radius 1 is 0.976 bits per heavy atom. The summed E-state index contributed by atoms with van der Waals surface area (Å²) in [6.45, 7) is 5.83. The molecule has 0 unspecified atom stereocenters. The van der Waals surface area contributed by atoms with Crippen molar-refractivity contribution >= 4 is 23.4 Å². The third-order valence-corrected chi connectivity index (χ3v) is 7.99. The number of nitrogens with zero attached hydrogens (tertiary/aromatic N) is 4. The first-order chi connectivity index (χ1) is 19.9. The van der Waals surface area contributed by atoms with Gasteiger partial charge in [0.05, 0.1) is 39.8 Å². The standard InChI is InChI=1S/C33H28N4O3S/c1-4-40-32(39)28-22(3)34-33-37(30(28)24-11-7-5-8-12-24)31(38)27(41-33)19-25-20-36(26-13-9-6-10-14-26)35-29(25)23-17-15-21(2)16-18-23/h5-20,30H,4H2,1-3H3/b27-19+/t30-/m0/s1. The molecule has 1 aliphatic rings. The molecule has 7 nitrogen and oxygen atoms in total. The van der Waals surface area contributed by atoms with E-state index in [1.807, 2.05) is 109 Å². The molecule has 6 rings (SSSR count). The number of fused-ring (bicyclic) bond motifs is 1. The molecule has 0 fully saturated rings. The minimum absolute atomic E-state index is 0.223. The molecule has 3 heterocycles. The number of carbonyl (C=O) groups excluding carboxylic acids is 1. The summed E-state index contributed by atoms with van der Waals surface area (Å²) in [6.07, 6.45) is 3.81. The van der Waals surface area contributed by atoms with Crippen LogP contribution in [0.25, 0.3) is 23.0 Å². The fourth-order valence-corrected chi connectivity index (χ4v) is 6.06. The van der Waals surface area contributed by atoms with Gasteiger partial charge >= 0.3 is 5.97 Å². The lowest BCUT2D eigenvalue weighted by atomic mass is 9.96. The zero-order valence-electron chi connectivity index (χ0n) is 22.9. The van der Waals surface area contributed by atoms with Crippen molar-refractivity contribution in [2.75, 3.05) is 6.61 Å². The first-order valence-corrected chi connectivity index (χ1v) is 14.2. The molecule has 0 saturated carbocycles. The average molecular weight is 561 g/mol. The van der Waals surface area contributed by atoms with E-state index in [2.05, 4.69) is 0 Å². The Kier molecular flexibility index (Phi) is 7.07. The molecule has 41 heavy (non-hydrogen) atoms. The normalized spacial score (nSPS) is 15.0. The number of hydrogen-bond acceptors (Lipinski definition) is 6. The molecule has 0 aliphatic carbocycles. The number of aryl methyl sites for hydroxylation is 1. The van der Waals surface area contributed by atoms with Gasteiger partial charge in [0.15, 0.2) is 4.80 Å². The number of ether oxygens (including phenoxy) is 1. The maximum Gasteiger partial charge on any atom is 0.338 e. The first kappa shape index (κ1) is 26.4. The predicted octanol–water partition coefficient (Wildman–Crippen LogP) is 4.96. The van der Waals surface area contributed by atoms with Gasteiger partial charge < -0.3 is 4.74 Å². The Morgan fingerprint density at radius 3 is 2.34 bits per heavy atom. The lowest BCUT2D eigenvalue weighted by Gasteiger charge is -2.24. The quantitative estimate of drug-likeness (QED) is 0.275. The number of thiazole rings is 1. The van der Waals surface area contributed by atoms with Crippen LogP contribution >= 0.6 is 11.3 Å². The summed E-state index contributed by atoms with van der Waals surface area (Å²) in [6, 6.07) is 26.9. The average Bonchev–Trinajstić information content (AvgIpc) is 3.54. The van der Waals surface area contributed by atoms with Gasteiger partial charge in [-0.2, -0.15) is 5.10 Å². The minimum atomic E-state index is -0.641. The number of esters is 1. The summed E-state index contributed by atoms with van der Waals surface area (Å²) >= 11 is 1.30. The monoisotopic (exact) mass is 560 g/mol. The van der Waals surface area contributed by atoms with Crippen LogP contribution in [0.15, 0.2) is 112 Å². The number of aromatic nitrogens is 3. The summed E-state index contributed by atoms with van der Waals surface area (Å²) in [4.78, 5) is 32.4. The summed E-state index contributed by atoms with van der Waals surface area (Å²) in [5, 5.41) is 4.91. The van der Waals surface area contributed by atoms with Gasteiger partial charge in [-0.1, -0.05) is 89.7 Å². The summed E-state index contributed by atoms with van der Waals surface area (Å²) in [5.41, 5.74) is 6.10. The fourth-order valence-electron chi connectivity index (χ4n) is 5.03. The third-order valence-electron chi connectivity index (χ3n) is 7.01. The van der Waals surface area contributed by atoms with E-state index >= 15 is 0 Å². The van der Waals surface area contributed by atoms with E-state index in [9.17, 15) is 9.59 Å². The summed E-state index contributed by atoms with van der Waals surface area (Å²) in [7, 11) is 0. The van der Waals surface area contributed by atoms with Crippen LogP contribution in [-0.2, 0) is 9.53 Å². The van der Waals surface area contributed by atoms with E-state index in [-0.39, 0.29) is 12.2 Å². The molecule has 0 N–H and O–H groups in total. The van der Waals surface area contributed by atoms with Crippen LogP contribution in [-0.4, -0.2) is 26.9 Å². The second kappa shape index (κ2) is 11.0. The van der Waals surface area contributed by atoms with E-state index in [1.54, 1.807) is 18.4 Å².